The number of benzene rings is 4. The molecule has 4 aromatic carbocycles. The summed E-state index contributed by atoms with van der Waals surface area (Å²) >= 11 is 1.85. The van der Waals surface area contributed by atoms with Gasteiger partial charge in [0.2, 0.25) is 0 Å². The zero-order chi connectivity index (χ0) is 19.8. The Morgan fingerprint density at radius 2 is 1.41 bits per heavy atom. The van der Waals surface area contributed by atoms with Crippen LogP contribution in [0, 0.1) is 13.8 Å². The van der Waals surface area contributed by atoms with E-state index in [-0.39, 0.29) is 0 Å². The molecule has 0 aliphatic carbocycles. The van der Waals surface area contributed by atoms with Crippen LogP contribution < -0.4 is 0 Å². The summed E-state index contributed by atoms with van der Waals surface area (Å²) < 4.78 is 0. The Kier molecular flexibility index (Phi) is 4.57. The first-order chi connectivity index (χ1) is 14.2. The highest BCUT2D eigenvalue weighted by Crippen LogP contribution is 2.44. The van der Waals surface area contributed by atoms with E-state index in [9.17, 15) is 0 Å². The molecule has 0 unspecified atom stereocenters. The predicted molar refractivity (Wildman–Crippen MR) is 125 cm³/mol. The van der Waals surface area contributed by atoms with Crippen molar-refractivity contribution in [3.63, 3.8) is 0 Å². The number of hydrogen-bond donors (Lipinski definition) is 0. The highest BCUT2D eigenvalue weighted by Gasteiger charge is 2.17. The Labute approximate surface area is 175 Å². The lowest BCUT2D eigenvalue weighted by Crippen LogP contribution is -1.91. The monoisotopic (exact) mass is 391 g/mol. The second-order valence-electron chi connectivity index (χ2n) is 7.39. The molecule has 140 valence electrons. The molecule has 5 rings (SSSR count). The molecule has 0 bridgehead atoms. The first-order valence-corrected chi connectivity index (χ1v) is 10.6. The molecule has 0 aliphatic heterocycles. The molecule has 0 saturated carbocycles. The topological polar surface area (TPSA) is 12.9 Å². The Morgan fingerprint density at radius 1 is 0.690 bits per heavy atom. The van der Waals surface area contributed by atoms with Crippen molar-refractivity contribution in [2.75, 3.05) is 0 Å². The van der Waals surface area contributed by atoms with Crippen LogP contribution in [0.15, 0.2) is 101 Å². The molecule has 29 heavy (non-hydrogen) atoms. The molecular weight excluding hydrogens is 370 g/mol. The molecule has 5 aromatic rings. The van der Waals surface area contributed by atoms with Gasteiger partial charge < -0.3 is 0 Å². The summed E-state index contributed by atoms with van der Waals surface area (Å²) in [5.41, 5.74) is 6.08. The smallest absolute Gasteiger partial charge is 0.0798 e. The minimum absolute atomic E-state index is 1.06. The molecule has 1 nitrogen and oxygen atoms in total. The minimum Gasteiger partial charge on any atom is -0.256 e. The van der Waals surface area contributed by atoms with Crippen LogP contribution >= 0.6 is 11.8 Å². The summed E-state index contributed by atoms with van der Waals surface area (Å²) in [5.74, 6) is 0. The van der Waals surface area contributed by atoms with Crippen molar-refractivity contribution in [1.82, 2.24) is 4.98 Å². The Morgan fingerprint density at radius 3 is 2.21 bits per heavy atom. The van der Waals surface area contributed by atoms with E-state index in [0.29, 0.717) is 0 Å². The largest absolute Gasteiger partial charge is 0.256 e. The maximum atomic E-state index is 4.83. The molecule has 0 saturated heterocycles. The molecular formula is C27H21NS. The summed E-state index contributed by atoms with van der Waals surface area (Å²) in [5, 5.41) is 3.73. The summed E-state index contributed by atoms with van der Waals surface area (Å²) in [6.07, 6.45) is 1.90. The van der Waals surface area contributed by atoms with Crippen LogP contribution in [-0.4, -0.2) is 4.98 Å². The van der Waals surface area contributed by atoms with Crippen molar-refractivity contribution in [1.29, 1.82) is 0 Å². The minimum atomic E-state index is 1.06. The van der Waals surface area contributed by atoms with Gasteiger partial charge in [-0.1, -0.05) is 90.1 Å². The standard InChI is InChI=1S/C27H21NS/c1-18-14-15-24(19(2)17-18)29-27-22-12-7-6-11-21(22)25(20-9-4-3-5-10-20)26-23(27)13-8-16-28-26/h3-17H,1-2H3. The van der Waals surface area contributed by atoms with Crippen LogP contribution in [0.3, 0.4) is 0 Å². The fraction of sp³-hybridized carbons (Fsp3) is 0.0741. The van der Waals surface area contributed by atoms with Gasteiger partial charge in [-0.3, -0.25) is 4.98 Å². The number of aryl methyl sites for hydroxylation is 2. The van der Waals surface area contributed by atoms with Crippen molar-refractivity contribution < 1.29 is 0 Å². The van der Waals surface area contributed by atoms with E-state index < -0.39 is 0 Å². The number of fused-ring (bicyclic) bond motifs is 2. The molecule has 1 aromatic heterocycles. The van der Waals surface area contributed by atoms with E-state index in [0.717, 1.165) is 5.52 Å². The number of nitrogens with zero attached hydrogens (tertiary/aromatic N) is 1. The van der Waals surface area contributed by atoms with Gasteiger partial charge in [0.1, 0.15) is 0 Å². The average Bonchev–Trinajstić information content (AvgIpc) is 2.76. The van der Waals surface area contributed by atoms with Gasteiger partial charge in [0, 0.05) is 26.9 Å². The maximum absolute atomic E-state index is 4.83. The van der Waals surface area contributed by atoms with Gasteiger partial charge in [-0.05, 0) is 47.9 Å². The summed E-state index contributed by atoms with van der Waals surface area (Å²) in [6, 6.07) is 30.2. The Balaban J connectivity index is 1.85. The summed E-state index contributed by atoms with van der Waals surface area (Å²) in [4.78, 5) is 7.40. The summed E-state index contributed by atoms with van der Waals surface area (Å²) in [6.45, 7) is 4.33. The van der Waals surface area contributed by atoms with Crippen LogP contribution in [0.5, 0.6) is 0 Å². The molecule has 0 fully saturated rings. The van der Waals surface area contributed by atoms with Crippen molar-refractivity contribution in [3.05, 3.63) is 102 Å². The van der Waals surface area contributed by atoms with Crippen LogP contribution in [0.1, 0.15) is 11.1 Å². The number of rotatable bonds is 3. The van der Waals surface area contributed by atoms with Crippen LogP contribution in [0.4, 0.5) is 0 Å². The zero-order valence-corrected chi connectivity index (χ0v) is 17.3. The zero-order valence-electron chi connectivity index (χ0n) is 16.5. The maximum Gasteiger partial charge on any atom is 0.0798 e. The lowest BCUT2D eigenvalue weighted by atomic mass is 9.95. The predicted octanol–water partition coefficient (Wildman–Crippen LogP) is 7.82. The van der Waals surface area contributed by atoms with E-state index in [4.69, 9.17) is 4.98 Å². The third-order valence-electron chi connectivity index (χ3n) is 5.34. The van der Waals surface area contributed by atoms with E-state index in [1.54, 1.807) is 0 Å². The van der Waals surface area contributed by atoms with Crippen molar-refractivity contribution in [2.45, 2.75) is 23.6 Å². The molecule has 0 spiro atoms. The fourth-order valence-corrected chi connectivity index (χ4v) is 5.13. The number of pyridine rings is 1. The van der Waals surface area contributed by atoms with Crippen molar-refractivity contribution in [3.8, 4) is 11.1 Å². The van der Waals surface area contributed by atoms with Gasteiger partial charge in [-0.25, -0.2) is 0 Å². The number of hydrogen-bond acceptors (Lipinski definition) is 2. The van der Waals surface area contributed by atoms with Gasteiger partial charge in [0.15, 0.2) is 0 Å². The van der Waals surface area contributed by atoms with Crippen molar-refractivity contribution >= 4 is 33.4 Å². The van der Waals surface area contributed by atoms with Crippen LogP contribution in [-0.2, 0) is 0 Å². The third-order valence-corrected chi connectivity index (χ3v) is 6.66. The van der Waals surface area contributed by atoms with Crippen LogP contribution in [0.25, 0.3) is 32.8 Å². The van der Waals surface area contributed by atoms with Gasteiger partial charge in [-0.15, -0.1) is 0 Å². The summed E-state index contributed by atoms with van der Waals surface area (Å²) in [7, 11) is 0. The van der Waals surface area contributed by atoms with E-state index in [1.165, 1.54) is 48.2 Å². The molecule has 0 N–H and O–H groups in total. The molecule has 1 heterocycles. The second kappa shape index (κ2) is 7.38. The molecule has 0 atom stereocenters. The average molecular weight is 392 g/mol. The number of aromatic nitrogens is 1. The van der Waals surface area contributed by atoms with Crippen molar-refractivity contribution in [2.24, 2.45) is 0 Å². The lowest BCUT2D eigenvalue weighted by Gasteiger charge is -2.17. The van der Waals surface area contributed by atoms with Gasteiger partial charge in [0.05, 0.1) is 5.52 Å². The molecule has 0 radical (unpaired) electrons. The first kappa shape index (κ1) is 18.0. The Bertz CT molecular complexity index is 1280. The SMILES string of the molecule is Cc1ccc(Sc2c3ccccc3c(-c3ccccc3)c3ncccc23)c(C)c1. The van der Waals surface area contributed by atoms with E-state index in [2.05, 4.69) is 92.7 Å². The fourth-order valence-electron chi connectivity index (χ4n) is 3.99. The lowest BCUT2D eigenvalue weighted by molar-refractivity contribution is 1.26. The highest BCUT2D eigenvalue weighted by atomic mass is 32.2. The molecule has 0 amide bonds. The quantitative estimate of drug-likeness (QED) is 0.291. The van der Waals surface area contributed by atoms with Crippen LogP contribution in [0.2, 0.25) is 0 Å². The van der Waals surface area contributed by atoms with E-state index in [1.807, 2.05) is 24.0 Å². The molecule has 2 heteroatoms. The van der Waals surface area contributed by atoms with E-state index >= 15 is 0 Å². The highest BCUT2D eigenvalue weighted by molar-refractivity contribution is 7.99. The normalized spacial score (nSPS) is 11.2. The Hall–Kier alpha value is -3.10. The second-order valence-corrected chi connectivity index (χ2v) is 8.44. The van der Waals surface area contributed by atoms with Gasteiger partial charge in [-0.2, -0.15) is 0 Å². The van der Waals surface area contributed by atoms with Gasteiger partial charge in [0.25, 0.3) is 0 Å². The molecule has 0 aliphatic rings. The third kappa shape index (κ3) is 3.20. The first-order valence-electron chi connectivity index (χ1n) is 9.82. The van der Waals surface area contributed by atoms with Gasteiger partial charge >= 0.3 is 0 Å².